The molecule has 4 rings (SSSR count). The third kappa shape index (κ3) is 3.51. The Labute approximate surface area is 165 Å². The molecule has 144 valence electrons. The van der Waals surface area contributed by atoms with Crippen molar-refractivity contribution in [3.05, 3.63) is 69.2 Å². The molecule has 27 heavy (non-hydrogen) atoms. The minimum atomic E-state index is -1.44. The summed E-state index contributed by atoms with van der Waals surface area (Å²) in [6.45, 7) is -0.482. The normalized spacial score (nSPS) is 32.9. The molecule has 0 amide bonds. The zero-order valence-corrected chi connectivity index (χ0v) is 15.3. The van der Waals surface area contributed by atoms with Gasteiger partial charge in [0.25, 0.3) is 0 Å². The molecule has 0 bridgehead atoms. The summed E-state index contributed by atoms with van der Waals surface area (Å²) in [4.78, 5) is 0. The van der Waals surface area contributed by atoms with E-state index >= 15 is 0 Å². The van der Waals surface area contributed by atoms with E-state index in [-0.39, 0.29) is 0 Å². The zero-order chi connectivity index (χ0) is 20.9. The molecular formula is C21H23ClO5. The number of aliphatic hydroxyl groups excluding tert-OH is 4. The highest BCUT2D eigenvalue weighted by Crippen LogP contribution is 2.34. The average molecular weight is 393 g/mol. The van der Waals surface area contributed by atoms with Gasteiger partial charge in [0.1, 0.15) is 30.5 Å². The van der Waals surface area contributed by atoms with E-state index in [1.165, 1.54) is 0 Å². The van der Waals surface area contributed by atoms with Crippen molar-refractivity contribution < 1.29 is 27.9 Å². The molecule has 1 aliphatic carbocycles. The molecular weight excluding hydrogens is 368 g/mol. The van der Waals surface area contributed by atoms with Crippen molar-refractivity contribution >= 4 is 11.6 Å². The molecule has 0 radical (unpaired) electrons. The highest BCUT2D eigenvalue weighted by atomic mass is 35.5. The molecule has 1 fully saturated rings. The lowest BCUT2D eigenvalue weighted by atomic mass is 9.86. The van der Waals surface area contributed by atoms with Gasteiger partial charge in [0.05, 0.1) is 6.61 Å². The van der Waals surface area contributed by atoms with Gasteiger partial charge in [-0.15, -0.1) is 0 Å². The summed E-state index contributed by atoms with van der Waals surface area (Å²) < 4.78 is 21.3. The van der Waals surface area contributed by atoms with E-state index in [0.29, 0.717) is 23.4 Å². The summed E-state index contributed by atoms with van der Waals surface area (Å²) in [6, 6.07) is 10.8. The third-order valence-electron chi connectivity index (χ3n) is 5.32. The van der Waals surface area contributed by atoms with Crippen molar-refractivity contribution in [3.63, 3.8) is 0 Å². The number of fused-ring (bicyclic) bond motifs is 1. The summed E-state index contributed by atoms with van der Waals surface area (Å²) in [7, 11) is 0. The Kier molecular flexibility index (Phi) is 4.58. The Balaban J connectivity index is 1.59. The summed E-state index contributed by atoms with van der Waals surface area (Å²) in [5.41, 5.74) is 4.09. The first-order chi connectivity index (χ1) is 13.7. The lowest BCUT2D eigenvalue weighted by Crippen LogP contribution is -2.55. The van der Waals surface area contributed by atoms with E-state index in [4.69, 9.17) is 19.1 Å². The minimum Gasteiger partial charge on any atom is -0.394 e. The molecule has 0 spiro atoms. The smallest absolute Gasteiger partial charge is 0.113 e. The zero-order valence-electron chi connectivity index (χ0n) is 16.5. The van der Waals surface area contributed by atoms with Crippen LogP contribution in [0.4, 0.5) is 0 Å². The van der Waals surface area contributed by atoms with E-state index in [1.54, 1.807) is 18.2 Å². The fourth-order valence-electron chi connectivity index (χ4n) is 3.66. The maximum atomic E-state index is 10.4. The number of rotatable bonds is 4. The molecule has 2 aromatic rings. The number of hydrogen-bond acceptors (Lipinski definition) is 5. The second-order valence-corrected chi connectivity index (χ2v) is 7.53. The Hall–Kier alpha value is -1.47. The molecule has 2 aliphatic rings. The van der Waals surface area contributed by atoms with Gasteiger partial charge in [-0.2, -0.15) is 0 Å². The number of hydrogen-bond donors (Lipinski definition) is 4. The second-order valence-electron chi connectivity index (χ2n) is 7.12. The number of ether oxygens (including phenoxy) is 1. The van der Waals surface area contributed by atoms with Gasteiger partial charge in [0.15, 0.2) is 0 Å². The molecule has 0 unspecified atom stereocenters. The molecule has 0 aromatic heterocycles. The second kappa shape index (κ2) is 7.51. The fourth-order valence-corrected chi connectivity index (χ4v) is 3.85. The third-order valence-corrected chi connectivity index (χ3v) is 5.69. The fraction of sp³-hybridized carbons (Fsp3) is 0.429. The lowest BCUT2D eigenvalue weighted by molar-refractivity contribution is -0.231. The molecule has 5 nitrogen and oxygen atoms in total. The molecule has 5 atom stereocenters. The quantitative estimate of drug-likeness (QED) is 0.633. The van der Waals surface area contributed by atoms with Crippen molar-refractivity contribution in [1.82, 2.24) is 0 Å². The SMILES string of the molecule is [2H]C1([2H])Cc2cc(Cc3cc([C@@H]4O[C@H](CO)[C@@H](O)[C@H](O)[C@H]4O)ccc3Cl)ccc21. The molecule has 6 heteroatoms. The Morgan fingerprint density at radius 2 is 1.85 bits per heavy atom. The van der Waals surface area contributed by atoms with Gasteiger partial charge in [-0.1, -0.05) is 41.9 Å². The van der Waals surface area contributed by atoms with Crippen LogP contribution in [0, 0.1) is 0 Å². The molecule has 1 heterocycles. The lowest BCUT2D eigenvalue weighted by Gasteiger charge is -2.40. The van der Waals surface area contributed by atoms with Crippen LogP contribution in [0.5, 0.6) is 0 Å². The highest BCUT2D eigenvalue weighted by molar-refractivity contribution is 6.31. The van der Waals surface area contributed by atoms with Crippen LogP contribution in [0.2, 0.25) is 5.02 Å². The largest absolute Gasteiger partial charge is 0.394 e. The van der Waals surface area contributed by atoms with Crippen LogP contribution in [0.1, 0.15) is 36.7 Å². The van der Waals surface area contributed by atoms with Crippen LogP contribution in [0.15, 0.2) is 36.4 Å². The Bertz CT molecular complexity index is 920. The molecule has 2 aromatic carbocycles. The van der Waals surface area contributed by atoms with E-state index in [1.807, 2.05) is 18.2 Å². The van der Waals surface area contributed by atoms with Crippen molar-refractivity contribution in [1.29, 1.82) is 0 Å². The predicted octanol–water partition coefficient (Wildman–Crippen LogP) is 1.54. The van der Waals surface area contributed by atoms with Gasteiger partial charge in [0, 0.05) is 7.76 Å². The Morgan fingerprint density at radius 1 is 1.04 bits per heavy atom. The minimum absolute atomic E-state index is 0.398. The van der Waals surface area contributed by atoms with E-state index in [9.17, 15) is 20.4 Å². The standard InChI is InChI=1S/C21H23ClO5/c22-16-6-5-14(21-20(26)19(25)18(24)17(10-23)27-21)9-15(16)8-11-1-2-12-3-4-13(12)7-11/h1-2,5-7,9,17-21,23-26H,3-4,8,10H2/t17-,18-,19+,20-,21+/m1/s1/i3D2. The van der Waals surface area contributed by atoms with Crippen LogP contribution in [-0.2, 0) is 24.0 Å². The summed E-state index contributed by atoms with van der Waals surface area (Å²) in [6.07, 6.45) is -6.41. The van der Waals surface area contributed by atoms with Crippen molar-refractivity contribution in [2.24, 2.45) is 0 Å². The first-order valence-electron chi connectivity index (χ1n) is 9.92. The van der Waals surface area contributed by atoms with E-state index in [0.717, 1.165) is 22.3 Å². The average Bonchev–Trinajstić information content (AvgIpc) is 2.67. The van der Waals surface area contributed by atoms with Gasteiger partial charge < -0.3 is 25.2 Å². The summed E-state index contributed by atoms with van der Waals surface area (Å²) in [5, 5.41) is 40.3. The maximum Gasteiger partial charge on any atom is 0.113 e. The summed E-state index contributed by atoms with van der Waals surface area (Å²) >= 11 is 6.37. The summed E-state index contributed by atoms with van der Waals surface area (Å²) in [5.74, 6) is 0. The van der Waals surface area contributed by atoms with Gasteiger partial charge in [-0.3, -0.25) is 0 Å². The van der Waals surface area contributed by atoms with Crippen LogP contribution in [0.3, 0.4) is 0 Å². The van der Waals surface area contributed by atoms with Gasteiger partial charge in [-0.25, -0.2) is 0 Å². The molecule has 1 aliphatic heterocycles. The number of aryl methyl sites for hydroxylation is 2. The maximum absolute atomic E-state index is 10.4. The Morgan fingerprint density at radius 3 is 2.56 bits per heavy atom. The van der Waals surface area contributed by atoms with Crippen LogP contribution >= 0.6 is 11.6 Å². The van der Waals surface area contributed by atoms with Gasteiger partial charge >= 0.3 is 0 Å². The van der Waals surface area contributed by atoms with E-state index < -0.39 is 43.5 Å². The molecule has 4 N–H and O–H groups in total. The van der Waals surface area contributed by atoms with Gasteiger partial charge in [-0.05, 0) is 53.1 Å². The first kappa shape index (κ1) is 16.5. The number of halogens is 1. The first-order valence-corrected chi connectivity index (χ1v) is 9.30. The predicted molar refractivity (Wildman–Crippen MR) is 101 cm³/mol. The monoisotopic (exact) mass is 392 g/mol. The van der Waals surface area contributed by atoms with Crippen molar-refractivity contribution in [3.8, 4) is 0 Å². The van der Waals surface area contributed by atoms with Crippen LogP contribution < -0.4 is 0 Å². The molecule has 0 saturated carbocycles. The van der Waals surface area contributed by atoms with Gasteiger partial charge in [0.2, 0.25) is 0 Å². The van der Waals surface area contributed by atoms with Crippen molar-refractivity contribution in [2.75, 3.05) is 6.61 Å². The topological polar surface area (TPSA) is 90.2 Å². The van der Waals surface area contributed by atoms with Crippen LogP contribution in [0.25, 0.3) is 0 Å². The van der Waals surface area contributed by atoms with Crippen LogP contribution in [-0.4, -0.2) is 51.4 Å². The van der Waals surface area contributed by atoms with Crippen molar-refractivity contribution in [2.45, 2.75) is 49.7 Å². The number of aliphatic hydroxyl groups is 4. The van der Waals surface area contributed by atoms with E-state index in [2.05, 4.69) is 0 Å². The highest BCUT2D eigenvalue weighted by Gasteiger charge is 2.44. The molecule has 1 saturated heterocycles. The number of benzene rings is 2.